The summed E-state index contributed by atoms with van der Waals surface area (Å²) in [5.74, 6) is -3.02. The highest BCUT2D eigenvalue weighted by Crippen LogP contribution is 2.39. The van der Waals surface area contributed by atoms with E-state index in [0.29, 0.717) is 29.4 Å². The summed E-state index contributed by atoms with van der Waals surface area (Å²) in [5.41, 5.74) is -2.84. The molecule has 0 aliphatic carbocycles. The standard InChI is InChI=1S/C24H18F6N2O6S/c1-37-21(33)13-32(22(34)14-9-15(23(25,26)27)11-16(10-14)39(2,35)36)19-12-31-8-7-17(19)18-5-3-4-6-20(18)38-24(28,29)30/h3-12H,13H2,1-2H3. The Bertz CT molecular complexity index is 1510. The molecule has 0 aliphatic rings. The molecule has 15 heteroatoms. The van der Waals surface area contributed by atoms with Gasteiger partial charge in [-0.15, -0.1) is 13.2 Å². The Balaban J connectivity index is 2.26. The van der Waals surface area contributed by atoms with E-state index in [1.54, 1.807) is 0 Å². The summed E-state index contributed by atoms with van der Waals surface area (Å²) in [7, 11) is -3.27. The third-order valence-electron chi connectivity index (χ3n) is 5.16. The lowest BCUT2D eigenvalue weighted by Crippen LogP contribution is -2.37. The Morgan fingerprint density at radius 1 is 0.974 bits per heavy atom. The first-order valence-corrected chi connectivity index (χ1v) is 12.5. The van der Waals surface area contributed by atoms with Crippen molar-refractivity contribution in [3.63, 3.8) is 0 Å². The smallest absolute Gasteiger partial charge is 0.468 e. The van der Waals surface area contributed by atoms with Crippen molar-refractivity contribution in [2.75, 3.05) is 24.8 Å². The highest BCUT2D eigenvalue weighted by molar-refractivity contribution is 7.90. The van der Waals surface area contributed by atoms with Gasteiger partial charge in [-0.3, -0.25) is 19.5 Å². The van der Waals surface area contributed by atoms with Gasteiger partial charge in [0.25, 0.3) is 5.91 Å². The number of methoxy groups -OCH3 is 1. The molecule has 0 aliphatic heterocycles. The molecule has 0 saturated carbocycles. The molecular weight excluding hydrogens is 558 g/mol. The SMILES string of the molecule is COC(=O)CN(C(=O)c1cc(C(F)(F)F)cc(S(C)(=O)=O)c1)c1cnccc1-c1ccccc1OC(F)(F)F. The lowest BCUT2D eigenvalue weighted by molar-refractivity contribution is -0.274. The first-order valence-electron chi connectivity index (χ1n) is 10.6. The van der Waals surface area contributed by atoms with Crippen LogP contribution in [0.5, 0.6) is 5.75 Å². The van der Waals surface area contributed by atoms with E-state index in [-0.39, 0.29) is 16.8 Å². The van der Waals surface area contributed by atoms with Gasteiger partial charge in [0.1, 0.15) is 12.3 Å². The van der Waals surface area contributed by atoms with Crippen molar-refractivity contribution in [3.8, 4) is 16.9 Å². The first kappa shape index (κ1) is 29.4. The Labute approximate surface area is 217 Å². The van der Waals surface area contributed by atoms with Gasteiger partial charge in [-0.1, -0.05) is 18.2 Å². The number of carbonyl (C=O) groups excluding carboxylic acids is 2. The van der Waals surface area contributed by atoms with Gasteiger partial charge in [0.05, 0.1) is 29.5 Å². The van der Waals surface area contributed by atoms with Crippen molar-refractivity contribution in [2.45, 2.75) is 17.4 Å². The Hall–Kier alpha value is -4.14. The molecule has 0 N–H and O–H groups in total. The molecule has 1 aromatic heterocycles. The van der Waals surface area contributed by atoms with Gasteiger partial charge in [0.15, 0.2) is 9.84 Å². The number of nitrogens with zero attached hydrogens (tertiary/aromatic N) is 2. The summed E-state index contributed by atoms with van der Waals surface area (Å²) in [6.07, 6.45) is -7.34. The fraction of sp³-hybridized carbons (Fsp3) is 0.208. The summed E-state index contributed by atoms with van der Waals surface area (Å²) in [5, 5.41) is 0. The summed E-state index contributed by atoms with van der Waals surface area (Å²) >= 11 is 0. The van der Waals surface area contributed by atoms with E-state index < -0.39 is 62.6 Å². The maximum atomic E-state index is 13.6. The average molecular weight is 576 g/mol. The fourth-order valence-electron chi connectivity index (χ4n) is 3.45. The average Bonchev–Trinajstić information content (AvgIpc) is 2.85. The zero-order valence-corrected chi connectivity index (χ0v) is 20.8. The molecule has 0 bridgehead atoms. The van der Waals surface area contributed by atoms with E-state index in [1.165, 1.54) is 24.3 Å². The van der Waals surface area contributed by atoms with Gasteiger partial charge in [0, 0.05) is 29.1 Å². The minimum absolute atomic E-state index is 0.114. The van der Waals surface area contributed by atoms with E-state index >= 15 is 0 Å². The monoisotopic (exact) mass is 576 g/mol. The van der Waals surface area contributed by atoms with Crippen LogP contribution in [0.1, 0.15) is 15.9 Å². The van der Waals surface area contributed by atoms with Crippen LogP contribution in [0.3, 0.4) is 0 Å². The molecule has 208 valence electrons. The number of halogens is 6. The number of sulfone groups is 1. The summed E-state index contributed by atoms with van der Waals surface area (Å²) in [4.78, 5) is 29.4. The van der Waals surface area contributed by atoms with Crippen LogP contribution < -0.4 is 9.64 Å². The highest BCUT2D eigenvalue weighted by Gasteiger charge is 2.35. The number of anilines is 1. The van der Waals surface area contributed by atoms with Crippen LogP contribution in [0.25, 0.3) is 11.1 Å². The van der Waals surface area contributed by atoms with Crippen molar-refractivity contribution in [1.82, 2.24) is 4.98 Å². The van der Waals surface area contributed by atoms with Gasteiger partial charge in [-0.25, -0.2) is 8.42 Å². The molecule has 2 aromatic carbocycles. The lowest BCUT2D eigenvalue weighted by atomic mass is 10.0. The minimum Gasteiger partial charge on any atom is -0.468 e. The number of carbonyl (C=O) groups is 2. The van der Waals surface area contributed by atoms with Crippen LogP contribution >= 0.6 is 0 Å². The Kier molecular flexibility index (Phi) is 8.24. The Morgan fingerprint density at radius 3 is 2.23 bits per heavy atom. The van der Waals surface area contributed by atoms with E-state index in [9.17, 15) is 44.3 Å². The lowest BCUT2D eigenvalue weighted by Gasteiger charge is -2.25. The zero-order chi connectivity index (χ0) is 29.2. The Morgan fingerprint density at radius 2 is 1.64 bits per heavy atom. The van der Waals surface area contributed by atoms with Crippen LogP contribution in [0.4, 0.5) is 32.0 Å². The number of pyridine rings is 1. The van der Waals surface area contributed by atoms with Gasteiger partial charge < -0.3 is 9.47 Å². The predicted octanol–water partition coefficient (Wildman–Crippen LogP) is 4.89. The number of para-hydroxylation sites is 1. The maximum absolute atomic E-state index is 13.6. The number of rotatable bonds is 7. The number of hydrogen-bond acceptors (Lipinski definition) is 7. The van der Waals surface area contributed by atoms with Crippen molar-refractivity contribution in [3.05, 3.63) is 72.1 Å². The molecule has 0 unspecified atom stereocenters. The molecule has 0 saturated heterocycles. The van der Waals surface area contributed by atoms with Gasteiger partial charge >= 0.3 is 18.5 Å². The third kappa shape index (κ3) is 7.25. The predicted molar refractivity (Wildman–Crippen MR) is 125 cm³/mol. The molecule has 3 aromatic rings. The first-order chi connectivity index (χ1) is 18.0. The van der Waals surface area contributed by atoms with Crippen molar-refractivity contribution in [2.24, 2.45) is 0 Å². The number of hydrogen-bond donors (Lipinski definition) is 0. The quantitative estimate of drug-likeness (QED) is 0.292. The van der Waals surface area contributed by atoms with Crippen molar-refractivity contribution in [1.29, 1.82) is 0 Å². The molecule has 0 spiro atoms. The molecule has 39 heavy (non-hydrogen) atoms. The molecule has 0 radical (unpaired) electrons. The zero-order valence-electron chi connectivity index (χ0n) is 20.0. The summed E-state index contributed by atoms with van der Waals surface area (Å²) in [6.45, 7) is -0.916. The number of ether oxygens (including phenoxy) is 2. The van der Waals surface area contributed by atoms with Crippen LogP contribution in [0.15, 0.2) is 65.8 Å². The van der Waals surface area contributed by atoms with Gasteiger partial charge in [0.2, 0.25) is 0 Å². The molecule has 0 atom stereocenters. The number of amides is 1. The molecule has 1 heterocycles. The summed E-state index contributed by atoms with van der Waals surface area (Å²) < 4.78 is 112. The van der Waals surface area contributed by atoms with E-state index in [0.717, 1.165) is 25.6 Å². The number of esters is 1. The minimum atomic E-state index is -5.09. The molecule has 1 amide bonds. The van der Waals surface area contributed by atoms with E-state index in [1.807, 2.05) is 0 Å². The molecule has 8 nitrogen and oxygen atoms in total. The van der Waals surface area contributed by atoms with E-state index in [2.05, 4.69) is 14.5 Å². The number of alkyl halides is 6. The number of aromatic nitrogens is 1. The van der Waals surface area contributed by atoms with Crippen molar-refractivity contribution < 1.29 is 53.8 Å². The summed E-state index contributed by atoms with van der Waals surface area (Å²) in [6, 6.07) is 7.43. The van der Waals surface area contributed by atoms with Gasteiger partial charge in [-0.2, -0.15) is 13.2 Å². The van der Waals surface area contributed by atoms with Crippen molar-refractivity contribution >= 4 is 27.4 Å². The second kappa shape index (κ2) is 10.9. The molecule has 0 fully saturated rings. The fourth-order valence-corrected chi connectivity index (χ4v) is 4.13. The second-order valence-electron chi connectivity index (χ2n) is 7.92. The number of benzene rings is 2. The topological polar surface area (TPSA) is 103 Å². The van der Waals surface area contributed by atoms with Crippen LogP contribution in [0, 0.1) is 0 Å². The molecular formula is C24H18F6N2O6S. The second-order valence-corrected chi connectivity index (χ2v) is 9.94. The molecule has 3 rings (SSSR count). The maximum Gasteiger partial charge on any atom is 0.573 e. The van der Waals surface area contributed by atoms with Crippen LogP contribution in [0.2, 0.25) is 0 Å². The van der Waals surface area contributed by atoms with Crippen LogP contribution in [-0.4, -0.2) is 51.6 Å². The van der Waals surface area contributed by atoms with Gasteiger partial charge in [-0.05, 0) is 30.3 Å². The largest absolute Gasteiger partial charge is 0.573 e. The van der Waals surface area contributed by atoms with E-state index in [4.69, 9.17) is 0 Å². The van der Waals surface area contributed by atoms with Crippen LogP contribution in [-0.2, 0) is 25.5 Å². The third-order valence-corrected chi connectivity index (χ3v) is 6.25. The normalized spacial score (nSPS) is 12.1. The highest BCUT2D eigenvalue weighted by atomic mass is 32.2.